The number of benzene rings is 4. The molecule has 1 aliphatic rings. The average molecular weight is 774 g/mol. The Morgan fingerprint density at radius 1 is 0.727 bits per heavy atom. The number of sulfone groups is 1. The van der Waals surface area contributed by atoms with Crippen molar-refractivity contribution in [1.82, 2.24) is 4.90 Å². The van der Waals surface area contributed by atoms with Crippen molar-refractivity contribution in [1.29, 1.82) is 0 Å². The summed E-state index contributed by atoms with van der Waals surface area (Å²) >= 11 is 0. The molecule has 4 aromatic carbocycles. The van der Waals surface area contributed by atoms with Crippen LogP contribution < -0.4 is 33.2 Å². The molecule has 0 N–H and O–H groups in total. The molecule has 4 aromatic rings. The second kappa shape index (κ2) is 18.9. The largest absolute Gasteiger partial charge is 0.493 e. The van der Waals surface area contributed by atoms with Gasteiger partial charge >= 0.3 is 12.2 Å². The third-order valence-corrected chi connectivity index (χ3v) is 9.45. The smallest absolute Gasteiger partial charge is 0.425 e. The highest BCUT2D eigenvalue weighted by Crippen LogP contribution is 2.48. The molecule has 1 aliphatic heterocycles. The molecule has 2 unspecified atom stereocenters. The Labute approximate surface area is 320 Å². The molecule has 290 valence electrons. The Bertz CT molecular complexity index is 2040. The lowest BCUT2D eigenvalue weighted by Crippen LogP contribution is -2.41. The fourth-order valence-corrected chi connectivity index (χ4v) is 6.57. The van der Waals surface area contributed by atoms with Crippen molar-refractivity contribution in [3.63, 3.8) is 0 Å². The van der Waals surface area contributed by atoms with Gasteiger partial charge in [-0.25, -0.2) is 18.0 Å². The van der Waals surface area contributed by atoms with E-state index in [2.05, 4.69) is 11.8 Å². The topological polar surface area (TPSA) is 145 Å². The first-order chi connectivity index (χ1) is 26.6. The molecule has 1 heterocycles. The van der Waals surface area contributed by atoms with E-state index in [-0.39, 0.29) is 47.2 Å². The molecule has 2 atom stereocenters. The highest BCUT2D eigenvalue weighted by Gasteiger charge is 2.32. The van der Waals surface area contributed by atoms with Gasteiger partial charge in [0, 0.05) is 6.26 Å². The molecule has 0 aromatic heterocycles. The molecule has 1 fully saturated rings. The third-order valence-electron chi connectivity index (χ3n) is 8.34. The van der Waals surface area contributed by atoms with Gasteiger partial charge < -0.3 is 37.9 Å². The Hall–Kier alpha value is -5.91. The van der Waals surface area contributed by atoms with Crippen molar-refractivity contribution in [2.24, 2.45) is 0 Å². The lowest BCUT2D eigenvalue weighted by molar-refractivity contribution is 0.0435. The fraction of sp³-hybridized carbons (Fsp3) is 0.317. The van der Waals surface area contributed by atoms with Crippen LogP contribution >= 0.6 is 0 Å². The van der Waals surface area contributed by atoms with Crippen molar-refractivity contribution >= 4 is 22.0 Å². The van der Waals surface area contributed by atoms with Gasteiger partial charge in [0.1, 0.15) is 23.0 Å². The number of ether oxygens (including phenoxy) is 8. The molecule has 1 saturated heterocycles. The predicted octanol–water partition coefficient (Wildman–Crippen LogP) is 7.58. The van der Waals surface area contributed by atoms with E-state index in [0.29, 0.717) is 47.0 Å². The van der Waals surface area contributed by atoms with Crippen LogP contribution in [0.5, 0.6) is 40.2 Å². The monoisotopic (exact) mass is 773 g/mol. The van der Waals surface area contributed by atoms with Crippen molar-refractivity contribution in [2.45, 2.75) is 43.3 Å². The summed E-state index contributed by atoms with van der Waals surface area (Å²) in [5, 5.41) is 0. The van der Waals surface area contributed by atoms with E-state index in [1.54, 1.807) is 72.8 Å². The van der Waals surface area contributed by atoms with Gasteiger partial charge in [-0.15, -0.1) is 0 Å². The second-order valence-corrected chi connectivity index (χ2v) is 14.2. The van der Waals surface area contributed by atoms with Gasteiger partial charge in [0.05, 0.1) is 46.7 Å². The van der Waals surface area contributed by atoms with Gasteiger partial charge in [-0.3, -0.25) is 0 Å². The minimum Gasteiger partial charge on any atom is -0.493 e. The number of amides is 2. The Morgan fingerprint density at radius 2 is 1.25 bits per heavy atom. The van der Waals surface area contributed by atoms with Crippen molar-refractivity contribution < 1.29 is 55.9 Å². The number of hydrogen-bond acceptors (Lipinski definition) is 12. The SMILES string of the molecule is CCCOc1c(OCC#CCN(C(=O)Oc2ccccc2)C(=O)Oc2ccccc2)cc(C2CCC(c3cc(OC)c(OC)c(OC)c3)O2)cc1S(C)(=O)=O. The first-order valence-electron chi connectivity index (χ1n) is 17.4. The maximum Gasteiger partial charge on any atom is 0.425 e. The lowest BCUT2D eigenvalue weighted by Gasteiger charge is -2.20. The zero-order valence-electron chi connectivity index (χ0n) is 31.2. The average Bonchev–Trinajstić information content (AvgIpc) is 3.68. The van der Waals surface area contributed by atoms with Crippen LogP contribution in [0.3, 0.4) is 0 Å². The van der Waals surface area contributed by atoms with Gasteiger partial charge in [0.15, 0.2) is 32.8 Å². The van der Waals surface area contributed by atoms with E-state index in [0.717, 1.165) is 11.8 Å². The summed E-state index contributed by atoms with van der Waals surface area (Å²) in [4.78, 5) is 26.8. The van der Waals surface area contributed by atoms with Crippen molar-refractivity contribution in [2.75, 3.05) is 47.3 Å². The molecule has 13 nitrogen and oxygen atoms in total. The van der Waals surface area contributed by atoms with Crippen LogP contribution in [0.2, 0.25) is 0 Å². The summed E-state index contributed by atoms with van der Waals surface area (Å²) < 4.78 is 72.0. The highest BCUT2D eigenvalue weighted by molar-refractivity contribution is 7.90. The maximum absolute atomic E-state index is 13.1. The number of carbonyl (C=O) groups excluding carboxylic acids is 2. The molecule has 0 spiro atoms. The molecular formula is C41H43NO12S. The zero-order valence-corrected chi connectivity index (χ0v) is 32.1. The summed E-state index contributed by atoms with van der Waals surface area (Å²) in [6, 6.07) is 23.4. The van der Waals surface area contributed by atoms with Crippen molar-refractivity contribution in [3.05, 3.63) is 96.1 Å². The summed E-state index contributed by atoms with van der Waals surface area (Å²) in [7, 11) is 0.805. The molecule has 2 amide bonds. The summed E-state index contributed by atoms with van der Waals surface area (Å²) in [6.07, 6.45) is 0.0837. The van der Waals surface area contributed by atoms with Crippen LogP contribution in [0.1, 0.15) is 49.5 Å². The molecule has 0 aliphatic carbocycles. The summed E-state index contributed by atoms with van der Waals surface area (Å²) in [5.74, 6) is 7.62. The molecule has 0 bridgehead atoms. The van der Waals surface area contributed by atoms with Gasteiger partial charge in [-0.2, -0.15) is 4.90 Å². The van der Waals surface area contributed by atoms with Crippen LogP contribution in [0.4, 0.5) is 9.59 Å². The van der Waals surface area contributed by atoms with E-state index in [9.17, 15) is 18.0 Å². The predicted molar refractivity (Wildman–Crippen MR) is 202 cm³/mol. The lowest BCUT2D eigenvalue weighted by atomic mass is 10.0. The normalized spacial score (nSPS) is 14.9. The number of methoxy groups -OCH3 is 3. The van der Waals surface area contributed by atoms with E-state index in [1.165, 1.54) is 21.3 Å². The van der Waals surface area contributed by atoms with E-state index in [4.69, 9.17) is 37.9 Å². The first kappa shape index (κ1) is 40.3. The van der Waals surface area contributed by atoms with Crippen LogP contribution in [-0.4, -0.2) is 72.8 Å². The number of rotatable bonds is 14. The minimum atomic E-state index is -3.80. The Morgan fingerprint density at radius 3 is 1.75 bits per heavy atom. The molecule has 0 radical (unpaired) electrons. The van der Waals surface area contributed by atoms with Crippen LogP contribution in [0.15, 0.2) is 89.8 Å². The maximum atomic E-state index is 13.1. The van der Waals surface area contributed by atoms with Crippen molar-refractivity contribution in [3.8, 4) is 52.1 Å². The molecular weight excluding hydrogens is 731 g/mol. The quantitative estimate of drug-likeness (QED) is 0.117. The molecule has 5 rings (SSSR count). The second-order valence-electron chi connectivity index (χ2n) is 12.2. The third kappa shape index (κ3) is 10.4. The van der Waals surface area contributed by atoms with Crippen LogP contribution in [-0.2, 0) is 14.6 Å². The van der Waals surface area contributed by atoms with Crippen LogP contribution in [0, 0.1) is 11.8 Å². The van der Waals surface area contributed by atoms with Crippen LogP contribution in [0.25, 0.3) is 0 Å². The number of imide groups is 1. The standard InChI is InChI=1S/C41H43NO12S/c1-6-22-51-39-36(50-23-14-13-21-42(40(43)52-30-15-9-7-10-16-30)41(44)53-31-17-11-8-12-18-31)26-29(27-37(39)55(5,45)46)33-20-19-32(54-33)28-24-34(47-2)38(49-4)35(25-28)48-3/h7-12,15-18,24-27,32-33H,6,19-23H2,1-5H3. The molecule has 0 saturated carbocycles. The summed E-state index contributed by atoms with van der Waals surface area (Å²) in [5.41, 5.74) is 1.38. The van der Waals surface area contributed by atoms with E-state index < -0.39 is 34.7 Å². The van der Waals surface area contributed by atoms with E-state index >= 15 is 0 Å². The Kier molecular flexibility index (Phi) is 13.9. The molecule has 55 heavy (non-hydrogen) atoms. The van der Waals surface area contributed by atoms with Gasteiger partial charge in [-0.1, -0.05) is 55.2 Å². The number of para-hydroxylation sites is 2. The fourth-order valence-electron chi connectivity index (χ4n) is 5.72. The Balaban J connectivity index is 1.38. The van der Waals surface area contributed by atoms with Gasteiger partial charge in [-0.05, 0) is 78.9 Å². The summed E-state index contributed by atoms with van der Waals surface area (Å²) in [6.45, 7) is 1.49. The minimum absolute atomic E-state index is 0.0496. The number of nitrogens with zero attached hydrogens (tertiary/aromatic N) is 1. The van der Waals surface area contributed by atoms with Gasteiger partial charge in [0.2, 0.25) is 5.75 Å². The molecule has 14 heteroatoms. The number of hydrogen-bond donors (Lipinski definition) is 0. The highest BCUT2D eigenvalue weighted by atomic mass is 32.2. The number of carbonyl (C=O) groups is 2. The first-order valence-corrected chi connectivity index (χ1v) is 19.3. The van der Waals surface area contributed by atoms with Gasteiger partial charge in [0.25, 0.3) is 0 Å². The van der Waals surface area contributed by atoms with E-state index in [1.807, 2.05) is 19.1 Å². The zero-order chi connectivity index (χ0) is 39.4.